The van der Waals surface area contributed by atoms with Gasteiger partial charge in [-0.3, -0.25) is 4.99 Å². The Morgan fingerprint density at radius 3 is 2.77 bits per heavy atom. The van der Waals surface area contributed by atoms with Crippen molar-refractivity contribution < 1.29 is 9.13 Å². The maximum atomic E-state index is 13.7. The predicted octanol–water partition coefficient (Wildman–Crippen LogP) is 4.90. The molecule has 26 heavy (non-hydrogen) atoms. The van der Waals surface area contributed by atoms with Gasteiger partial charge in [0.15, 0.2) is 0 Å². The third kappa shape index (κ3) is 2.48. The summed E-state index contributed by atoms with van der Waals surface area (Å²) in [6.07, 6.45) is 4.01. The quantitative estimate of drug-likeness (QED) is 0.647. The van der Waals surface area contributed by atoms with Crippen molar-refractivity contribution in [1.29, 1.82) is 0 Å². The molecule has 2 aliphatic heterocycles. The summed E-state index contributed by atoms with van der Waals surface area (Å²) in [5, 5.41) is 1.24. The van der Waals surface area contributed by atoms with Crippen LogP contribution in [0.3, 0.4) is 0 Å². The first kappa shape index (κ1) is 15.8. The molecule has 3 aromatic rings. The number of nitrogens with zero attached hydrogens (tertiary/aromatic N) is 2. The summed E-state index contributed by atoms with van der Waals surface area (Å²) in [4.78, 5) is 4.40. The molecular formula is C22H21FN2O. The maximum absolute atomic E-state index is 13.7. The van der Waals surface area contributed by atoms with Crippen molar-refractivity contribution in [3.8, 4) is 5.69 Å². The number of rotatable bonds is 2. The zero-order valence-corrected chi connectivity index (χ0v) is 14.8. The number of aryl methyl sites for hydroxylation is 1. The zero-order chi connectivity index (χ0) is 17.7. The first-order chi connectivity index (χ1) is 12.7. The molecule has 0 spiro atoms. The first-order valence-electron chi connectivity index (χ1n) is 9.23. The predicted molar refractivity (Wildman–Crippen MR) is 102 cm³/mol. The third-order valence-corrected chi connectivity index (χ3v) is 5.62. The normalized spacial score (nSPS) is 17.2. The standard InChI is InChI=1S/C22H21FN2O/c1-14-8-19(23)2-3-20(14)25-21(15-4-6-26-7-5-15)10-16-9-17-12-24-13-18(17)11-22(16)25/h2-3,8-11,13,15H,4-7,12H2,1H3. The van der Waals surface area contributed by atoms with Gasteiger partial charge in [-0.15, -0.1) is 0 Å². The van der Waals surface area contributed by atoms with E-state index in [1.807, 2.05) is 19.2 Å². The van der Waals surface area contributed by atoms with Crippen LogP contribution in [0, 0.1) is 12.7 Å². The number of hydrogen-bond acceptors (Lipinski definition) is 2. The number of hydrogen-bond donors (Lipinski definition) is 0. The molecule has 0 unspecified atom stereocenters. The van der Waals surface area contributed by atoms with Crippen LogP contribution in [-0.2, 0) is 11.3 Å². The minimum Gasteiger partial charge on any atom is -0.381 e. The van der Waals surface area contributed by atoms with Crippen LogP contribution >= 0.6 is 0 Å². The van der Waals surface area contributed by atoms with Crippen LogP contribution in [0.4, 0.5) is 4.39 Å². The van der Waals surface area contributed by atoms with Gasteiger partial charge in [0, 0.05) is 42.1 Å². The minimum atomic E-state index is -0.191. The third-order valence-electron chi connectivity index (χ3n) is 5.62. The molecule has 3 heterocycles. The van der Waals surface area contributed by atoms with Gasteiger partial charge in [-0.25, -0.2) is 4.39 Å². The highest BCUT2D eigenvalue weighted by molar-refractivity contribution is 5.94. The zero-order valence-electron chi connectivity index (χ0n) is 14.8. The van der Waals surface area contributed by atoms with Crippen molar-refractivity contribution in [2.45, 2.75) is 32.2 Å². The van der Waals surface area contributed by atoms with Crippen LogP contribution in [-0.4, -0.2) is 24.0 Å². The lowest BCUT2D eigenvalue weighted by Gasteiger charge is -2.24. The summed E-state index contributed by atoms with van der Waals surface area (Å²) in [6, 6.07) is 11.9. The monoisotopic (exact) mass is 348 g/mol. The number of halogens is 1. The molecule has 3 nitrogen and oxygen atoms in total. The molecule has 1 aromatic heterocycles. The minimum absolute atomic E-state index is 0.191. The van der Waals surface area contributed by atoms with Gasteiger partial charge in [-0.05, 0) is 72.9 Å². The first-order valence-corrected chi connectivity index (χ1v) is 9.23. The lowest BCUT2D eigenvalue weighted by atomic mass is 9.96. The van der Waals surface area contributed by atoms with Crippen molar-refractivity contribution >= 4 is 17.1 Å². The maximum Gasteiger partial charge on any atom is 0.123 e. The van der Waals surface area contributed by atoms with E-state index in [1.165, 1.54) is 27.7 Å². The molecule has 4 heteroatoms. The number of ether oxygens (including phenoxy) is 1. The van der Waals surface area contributed by atoms with E-state index in [2.05, 4.69) is 27.8 Å². The highest BCUT2D eigenvalue weighted by Gasteiger charge is 2.23. The Kier molecular flexibility index (Phi) is 3.68. The fourth-order valence-corrected chi connectivity index (χ4v) is 4.27. The Hall–Kier alpha value is -2.46. The SMILES string of the molecule is Cc1cc(F)ccc1-n1c(C2CCOCC2)cc2cc3c(cc21)C=NC3. The Balaban J connectivity index is 1.78. The fourth-order valence-electron chi connectivity index (χ4n) is 4.27. The van der Waals surface area contributed by atoms with E-state index in [-0.39, 0.29) is 5.82 Å². The van der Waals surface area contributed by atoms with Gasteiger partial charge in [0.1, 0.15) is 5.82 Å². The van der Waals surface area contributed by atoms with Crippen LogP contribution in [0.2, 0.25) is 0 Å². The molecule has 1 saturated heterocycles. The van der Waals surface area contributed by atoms with Crippen LogP contribution in [0.25, 0.3) is 16.6 Å². The summed E-state index contributed by atoms with van der Waals surface area (Å²) < 4.78 is 21.6. The van der Waals surface area contributed by atoms with Gasteiger partial charge in [-0.1, -0.05) is 0 Å². The molecule has 0 amide bonds. The van der Waals surface area contributed by atoms with Gasteiger partial charge in [0.05, 0.1) is 12.1 Å². The summed E-state index contributed by atoms with van der Waals surface area (Å²) in [5.41, 5.74) is 6.95. The molecule has 1 fully saturated rings. The summed E-state index contributed by atoms with van der Waals surface area (Å²) in [6.45, 7) is 4.35. The highest BCUT2D eigenvalue weighted by Crippen LogP contribution is 2.36. The summed E-state index contributed by atoms with van der Waals surface area (Å²) >= 11 is 0. The second-order valence-electron chi connectivity index (χ2n) is 7.30. The van der Waals surface area contributed by atoms with Gasteiger partial charge in [0.25, 0.3) is 0 Å². The number of aromatic nitrogens is 1. The van der Waals surface area contributed by atoms with Crippen LogP contribution in [0.1, 0.15) is 41.1 Å². The Morgan fingerprint density at radius 2 is 1.96 bits per heavy atom. The molecule has 0 saturated carbocycles. The van der Waals surface area contributed by atoms with Crippen molar-refractivity contribution in [3.63, 3.8) is 0 Å². The van der Waals surface area contributed by atoms with E-state index in [4.69, 9.17) is 4.74 Å². The van der Waals surface area contributed by atoms with Crippen molar-refractivity contribution in [2.75, 3.05) is 13.2 Å². The fraction of sp³-hybridized carbons (Fsp3) is 0.318. The molecule has 0 radical (unpaired) electrons. The average Bonchev–Trinajstić information content (AvgIpc) is 3.24. The molecule has 0 bridgehead atoms. The van der Waals surface area contributed by atoms with E-state index in [1.54, 1.807) is 12.1 Å². The number of aliphatic imine (C=N–C) groups is 1. The van der Waals surface area contributed by atoms with E-state index in [0.717, 1.165) is 43.9 Å². The summed E-state index contributed by atoms with van der Waals surface area (Å²) in [7, 11) is 0. The number of fused-ring (bicyclic) bond motifs is 2. The molecule has 2 aliphatic rings. The van der Waals surface area contributed by atoms with Crippen LogP contribution in [0.15, 0.2) is 41.4 Å². The van der Waals surface area contributed by atoms with E-state index >= 15 is 0 Å². The average molecular weight is 348 g/mol. The lowest BCUT2D eigenvalue weighted by Crippen LogP contribution is -2.17. The van der Waals surface area contributed by atoms with Crippen molar-refractivity contribution in [2.24, 2.45) is 4.99 Å². The molecule has 2 aromatic carbocycles. The van der Waals surface area contributed by atoms with Crippen molar-refractivity contribution in [3.05, 3.63) is 64.6 Å². The molecule has 0 N–H and O–H groups in total. The topological polar surface area (TPSA) is 26.5 Å². The van der Waals surface area contributed by atoms with Gasteiger partial charge in [0.2, 0.25) is 0 Å². The lowest BCUT2D eigenvalue weighted by molar-refractivity contribution is 0.0842. The Labute approximate surface area is 152 Å². The Bertz CT molecular complexity index is 1030. The van der Waals surface area contributed by atoms with E-state index in [0.29, 0.717) is 5.92 Å². The second-order valence-corrected chi connectivity index (χ2v) is 7.30. The van der Waals surface area contributed by atoms with Crippen LogP contribution in [0.5, 0.6) is 0 Å². The smallest absolute Gasteiger partial charge is 0.123 e. The van der Waals surface area contributed by atoms with E-state index < -0.39 is 0 Å². The second kappa shape index (κ2) is 6.06. The molecule has 0 aliphatic carbocycles. The molecule has 5 rings (SSSR count). The Morgan fingerprint density at radius 1 is 1.12 bits per heavy atom. The van der Waals surface area contributed by atoms with Gasteiger partial charge in [-0.2, -0.15) is 0 Å². The van der Waals surface area contributed by atoms with E-state index in [9.17, 15) is 4.39 Å². The van der Waals surface area contributed by atoms with Crippen molar-refractivity contribution in [1.82, 2.24) is 4.57 Å². The largest absolute Gasteiger partial charge is 0.381 e. The number of benzene rings is 2. The molecular weight excluding hydrogens is 327 g/mol. The summed E-state index contributed by atoms with van der Waals surface area (Å²) in [5.74, 6) is 0.271. The molecule has 132 valence electrons. The van der Waals surface area contributed by atoms with Gasteiger partial charge < -0.3 is 9.30 Å². The highest BCUT2D eigenvalue weighted by atomic mass is 19.1. The molecule has 0 atom stereocenters. The van der Waals surface area contributed by atoms with Crippen LogP contribution < -0.4 is 0 Å². The van der Waals surface area contributed by atoms with Gasteiger partial charge >= 0.3 is 0 Å².